The molecule has 0 aliphatic carbocycles. The van der Waals surface area contributed by atoms with Crippen LogP contribution in [0, 0.1) is 17.5 Å². The van der Waals surface area contributed by atoms with Crippen LogP contribution < -0.4 is 0 Å². The van der Waals surface area contributed by atoms with Crippen LogP contribution in [0.25, 0.3) is 0 Å². The second-order valence-electron chi connectivity index (χ2n) is 4.46. The Kier molecular flexibility index (Phi) is 3.59. The molecule has 1 amide bonds. The van der Waals surface area contributed by atoms with Crippen LogP contribution in [0.3, 0.4) is 0 Å². The average molecular weight is 257 g/mol. The lowest BCUT2D eigenvalue weighted by atomic mass is 10.1. The second-order valence-corrected chi connectivity index (χ2v) is 4.46. The van der Waals surface area contributed by atoms with Gasteiger partial charge in [0.15, 0.2) is 17.5 Å². The zero-order chi connectivity index (χ0) is 13.3. The van der Waals surface area contributed by atoms with Crippen molar-refractivity contribution < 1.29 is 18.0 Å². The summed E-state index contributed by atoms with van der Waals surface area (Å²) in [7, 11) is 0. The number of amides is 1. The highest BCUT2D eigenvalue weighted by molar-refractivity contribution is 5.94. The maximum absolute atomic E-state index is 13.1. The van der Waals surface area contributed by atoms with Crippen molar-refractivity contribution in [3.05, 3.63) is 35.1 Å². The van der Waals surface area contributed by atoms with E-state index in [0.29, 0.717) is 6.54 Å². The van der Waals surface area contributed by atoms with E-state index in [0.717, 1.165) is 31.4 Å². The zero-order valence-electron chi connectivity index (χ0n) is 10.0. The Balaban J connectivity index is 2.29. The van der Waals surface area contributed by atoms with Crippen molar-refractivity contribution in [1.29, 1.82) is 0 Å². The van der Waals surface area contributed by atoms with Gasteiger partial charge in [0.05, 0.1) is 0 Å². The summed E-state index contributed by atoms with van der Waals surface area (Å²) < 4.78 is 39.0. The van der Waals surface area contributed by atoms with E-state index in [4.69, 9.17) is 0 Å². The summed E-state index contributed by atoms with van der Waals surface area (Å²) >= 11 is 0. The van der Waals surface area contributed by atoms with Crippen LogP contribution >= 0.6 is 0 Å². The second kappa shape index (κ2) is 5.00. The quantitative estimate of drug-likeness (QED) is 0.745. The molecule has 2 nitrogen and oxygen atoms in total. The Morgan fingerprint density at radius 3 is 2.50 bits per heavy atom. The number of rotatable bonds is 2. The maximum atomic E-state index is 13.1. The smallest absolute Gasteiger partial charge is 0.254 e. The summed E-state index contributed by atoms with van der Waals surface area (Å²) in [5.41, 5.74) is -0.133. The number of carbonyl (C=O) groups is 1. The summed E-state index contributed by atoms with van der Waals surface area (Å²) in [4.78, 5) is 13.7. The number of halogens is 3. The molecule has 1 aliphatic heterocycles. The molecule has 1 atom stereocenters. The normalized spacial score (nSPS) is 19.3. The lowest BCUT2D eigenvalue weighted by Gasteiger charge is -2.23. The molecule has 0 saturated carbocycles. The van der Waals surface area contributed by atoms with Gasteiger partial charge in [-0.1, -0.05) is 6.92 Å². The summed E-state index contributed by atoms with van der Waals surface area (Å²) in [5.74, 6) is -4.63. The lowest BCUT2D eigenvalue weighted by molar-refractivity contribution is 0.0732. The molecule has 2 rings (SSSR count). The molecule has 1 saturated heterocycles. The first-order valence-electron chi connectivity index (χ1n) is 6.00. The van der Waals surface area contributed by atoms with E-state index in [1.54, 1.807) is 4.90 Å². The van der Waals surface area contributed by atoms with Gasteiger partial charge in [-0.25, -0.2) is 13.2 Å². The van der Waals surface area contributed by atoms with Crippen molar-refractivity contribution in [2.24, 2.45) is 0 Å². The molecular weight excluding hydrogens is 243 g/mol. The Bertz CT molecular complexity index is 452. The molecule has 98 valence electrons. The fourth-order valence-electron chi connectivity index (χ4n) is 2.37. The monoisotopic (exact) mass is 257 g/mol. The zero-order valence-corrected chi connectivity index (χ0v) is 10.0. The minimum atomic E-state index is -1.54. The Labute approximate surface area is 103 Å². The third-order valence-corrected chi connectivity index (χ3v) is 3.34. The standard InChI is InChI=1S/C13H14F3NO/c1-2-9-4-3-5-17(9)13(18)8-6-10(14)12(16)11(15)7-8/h6-7,9H,2-5H2,1H3. The maximum Gasteiger partial charge on any atom is 0.254 e. The fraction of sp³-hybridized carbons (Fsp3) is 0.462. The highest BCUT2D eigenvalue weighted by atomic mass is 19.2. The lowest BCUT2D eigenvalue weighted by Crippen LogP contribution is -2.35. The van der Waals surface area contributed by atoms with Crippen LogP contribution in [0.5, 0.6) is 0 Å². The van der Waals surface area contributed by atoms with Crippen molar-refractivity contribution in [2.45, 2.75) is 32.2 Å². The van der Waals surface area contributed by atoms with E-state index in [9.17, 15) is 18.0 Å². The largest absolute Gasteiger partial charge is 0.336 e. The summed E-state index contributed by atoms with van der Waals surface area (Å²) in [6.07, 6.45) is 2.59. The molecule has 0 radical (unpaired) electrons. The third kappa shape index (κ3) is 2.21. The van der Waals surface area contributed by atoms with E-state index in [1.165, 1.54) is 0 Å². The van der Waals surface area contributed by atoms with Gasteiger partial charge in [-0.05, 0) is 31.4 Å². The minimum Gasteiger partial charge on any atom is -0.336 e. The van der Waals surface area contributed by atoms with Crippen LogP contribution in [0.15, 0.2) is 12.1 Å². The van der Waals surface area contributed by atoms with Crippen molar-refractivity contribution in [3.63, 3.8) is 0 Å². The molecule has 1 heterocycles. The van der Waals surface area contributed by atoms with Crippen molar-refractivity contribution in [1.82, 2.24) is 4.90 Å². The van der Waals surface area contributed by atoms with Crippen LogP contribution in [0.2, 0.25) is 0 Å². The van der Waals surface area contributed by atoms with E-state index in [1.807, 2.05) is 6.92 Å². The molecule has 1 aromatic carbocycles. The SMILES string of the molecule is CCC1CCCN1C(=O)c1cc(F)c(F)c(F)c1. The molecular formula is C13H14F3NO. The van der Waals surface area contributed by atoms with Gasteiger partial charge in [-0.2, -0.15) is 0 Å². The number of likely N-dealkylation sites (tertiary alicyclic amines) is 1. The first-order valence-corrected chi connectivity index (χ1v) is 6.00. The first kappa shape index (κ1) is 12.9. The van der Waals surface area contributed by atoms with Gasteiger partial charge in [0.1, 0.15) is 0 Å². The van der Waals surface area contributed by atoms with E-state index in [-0.39, 0.29) is 11.6 Å². The molecule has 0 N–H and O–H groups in total. The summed E-state index contributed by atoms with van der Waals surface area (Å²) in [6, 6.07) is 1.62. The van der Waals surface area contributed by atoms with Gasteiger partial charge in [-0.3, -0.25) is 4.79 Å². The molecule has 0 bridgehead atoms. The fourth-order valence-corrected chi connectivity index (χ4v) is 2.37. The molecule has 18 heavy (non-hydrogen) atoms. The van der Waals surface area contributed by atoms with Gasteiger partial charge >= 0.3 is 0 Å². The van der Waals surface area contributed by atoms with Crippen molar-refractivity contribution in [2.75, 3.05) is 6.54 Å². The number of hydrogen-bond acceptors (Lipinski definition) is 1. The van der Waals surface area contributed by atoms with E-state index in [2.05, 4.69) is 0 Å². The number of carbonyl (C=O) groups excluding carboxylic acids is 1. The van der Waals surface area contributed by atoms with Crippen LogP contribution in [-0.4, -0.2) is 23.4 Å². The predicted octanol–water partition coefficient (Wildman–Crippen LogP) is 3.12. The molecule has 1 fully saturated rings. The highest BCUT2D eigenvalue weighted by Gasteiger charge is 2.29. The molecule has 5 heteroatoms. The van der Waals surface area contributed by atoms with Crippen molar-refractivity contribution >= 4 is 5.91 Å². The minimum absolute atomic E-state index is 0.105. The van der Waals surface area contributed by atoms with Crippen LogP contribution in [0.1, 0.15) is 36.5 Å². The number of benzene rings is 1. The third-order valence-electron chi connectivity index (χ3n) is 3.34. The Morgan fingerprint density at radius 1 is 1.33 bits per heavy atom. The van der Waals surface area contributed by atoms with Gasteiger partial charge in [-0.15, -0.1) is 0 Å². The first-order chi connectivity index (χ1) is 8.54. The van der Waals surface area contributed by atoms with Crippen LogP contribution in [-0.2, 0) is 0 Å². The average Bonchev–Trinajstić information content (AvgIpc) is 2.82. The summed E-state index contributed by atoms with van der Waals surface area (Å²) in [5, 5.41) is 0. The molecule has 1 unspecified atom stereocenters. The summed E-state index contributed by atoms with van der Waals surface area (Å²) in [6.45, 7) is 2.54. The molecule has 0 aromatic heterocycles. The highest BCUT2D eigenvalue weighted by Crippen LogP contribution is 2.23. The number of nitrogens with zero attached hydrogens (tertiary/aromatic N) is 1. The Morgan fingerprint density at radius 2 is 1.94 bits per heavy atom. The van der Waals surface area contributed by atoms with Gasteiger partial charge in [0, 0.05) is 18.2 Å². The molecule has 1 aromatic rings. The molecule has 1 aliphatic rings. The van der Waals surface area contributed by atoms with Crippen LogP contribution in [0.4, 0.5) is 13.2 Å². The van der Waals surface area contributed by atoms with Gasteiger partial charge in [0.25, 0.3) is 5.91 Å². The Hall–Kier alpha value is -1.52. The van der Waals surface area contributed by atoms with Crippen molar-refractivity contribution in [3.8, 4) is 0 Å². The topological polar surface area (TPSA) is 20.3 Å². The van der Waals surface area contributed by atoms with Gasteiger partial charge < -0.3 is 4.90 Å². The van der Waals surface area contributed by atoms with Gasteiger partial charge in [0.2, 0.25) is 0 Å². The predicted molar refractivity (Wildman–Crippen MR) is 60.7 cm³/mol. The van der Waals surface area contributed by atoms with E-state index >= 15 is 0 Å². The number of hydrogen-bond donors (Lipinski definition) is 0. The van der Waals surface area contributed by atoms with E-state index < -0.39 is 23.4 Å². The molecule has 0 spiro atoms.